The second-order valence-corrected chi connectivity index (χ2v) is 7.94. The van der Waals surface area contributed by atoms with Crippen molar-refractivity contribution >= 4 is 46.3 Å². The van der Waals surface area contributed by atoms with E-state index in [2.05, 4.69) is 15.6 Å². The molecule has 8 nitrogen and oxygen atoms in total. The van der Waals surface area contributed by atoms with Crippen molar-refractivity contribution in [2.75, 3.05) is 0 Å². The molecular formula is C20H14N4O4S2. The predicted octanol–water partition coefficient (Wildman–Crippen LogP) is 3.03. The van der Waals surface area contributed by atoms with Gasteiger partial charge in [-0.1, -0.05) is 41.3 Å². The number of thiocarbonyl (C=S) groups is 1. The summed E-state index contributed by atoms with van der Waals surface area (Å²) in [6.07, 6.45) is 3.48. The van der Waals surface area contributed by atoms with E-state index in [4.69, 9.17) is 22.1 Å². The summed E-state index contributed by atoms with van der Waals surface area (Å²) in [7, 11) is 0. The lowest BCUT2D eigenvalue weighted by Crippen LogP contribution is -2.17. The maximum Gasteiger partial charge on any atom is 0.335 e. The minimum atomic E-state index is -0.981. The molecular weight excluding hydrogens is 424 g/mol. The van der Waals surface area contributed by atoms with Crippen molar-refractivity contribution in [1.82, 2.24) is 20.3 Å². The van der Waals surface area contributed by atoms with Crippen molar-refractivity contribution in [3.05, 3.63) is 76.5 Å². The van der Waals surface area contributed by atoms with Gasteiger partial charge in [0.2, 0.25) is 0 Å². The molecule has 0 unspecified atom stereocenters. The first-order valence-electron chi connectivity index (χ1n) is 8.70. The largest absolute Gasteiger partial charge is 0.487 e. The molecule has 150 valence electrons. The summed E-state index contributed by atoms with van der Waals surface area (Å²) >= 11 is 6.21. The van der Waals surface area contributed by atoms with E-state index >= 15 is 0 Å². The van der Waals surface area contributed by atoms with Gasteiger partial charge < -0.3 is 15.2 Å². The van der Waals surface area contributed by atoms with E-state index in [0.29, 0.717) is 26.4 Å². The maximum atomic E-state index is 11.7. The van der Waals surface area contributed by atoms with Crippen LogP contribution in [-0.4, -0.2) is 36.3 Å². The van der Waals surface area contributed by atoms with Crippen LogP contribution in [0, 0.1) is 0 Å². The Balaban J connectivity index is 1.37. The third kappa shape index (κ3) is 4.56. The molecule has 10 heteroatoms. The predicted molar refractivity (Wildman–Crippen MR) is 115 cm³/mol. The van der Waals surface area contributed by atoms with Gasteiger partial charge in [0, 0.05) is 0 Å². The van der Waals surface area contributed by atoms with Crippen molar-refractivity contribution in [2.24, 2.45) is 0 Å². The Labute approximate surface area is 180 Å². The Morgan fingerprint density at radius 3 is 2.57 bits per heavy atom. The van der Waals surface area contributed by atoms with E-state index in [1.165, 1.54) is 23.9 Å². The molecule has 2 aromatic carbocycles. The van der Waals surface area contributed by atoms with Gasteiger partial charge in [0.25, 0.3) is 5.91 Å². The number of aromatic carboxylic acids is 1. The molecule has 30 heavy (non-hydrogen) atoms. The molecule has 0 bridgehead atoms. The van der Waals surface area contributed by atoms with Crippen molar-refractivity contribution in [3.8, 4) is 11.4 Å². The summed E-state index contributed by atoms with van der Waals surface area (Å²) in [5.74, 6) is -0.521. The van der Waals surface area contributed by atoms with E-state index in [0.717, 1.165) is 5.56 Å². The van der Waals surface area contributed by atoms with Crippen molar-refractivity contribution in [2.45, 2.75) is 6.61 Å². The average molecular weight is 438 g/mol. The van der Waals surface area contributed by atoms with Crippen LogP contribution in [-0.2, 0) is 11.4 Å². The quantitative estimate of drug-likeness (QED) is 0.447. The number of carboxylic acid groups (broad SMARTS) is 1. The SMILES string of the molecule is O=C1NC(=S)S/C1=C\c1ccc(OCc2cn(-c3ccc(C(=O)O)cc3)nn2)cc1. The summed E-state index contributed by atoms with van der Waals surface area (Å²) in [4.78, 5) is 23.2. The fourth-order valence-electron chi connectivity index (χ4n) is 2.64. The Hall–Kier alpha value is -3.50. The number of nitrogens with zero attached hydrogens (tertiary/aromatic N) is 3. The molecule has 2 heterocycles. The number of rotatable bonds is 6. The molecule has 0 radical (unpaired) electrons. The van der Waals surface area contributed by atoms with E-state index in [9.17, 15) is 9.59 Å². The zero-order valence-electron chi connectivity index (χ0n) is 15.3. The second kappa shape index (κ2) is 8.47. The normalized spacial score (nSPS) is 14.7. The minimum absolute atomic E-state index is 0.189. The molecule has 0 aliphatic carbocycles. The minimum Gasteiger partial charge on any atom is -0.487 e. The molecule has 2 N–H and O–H groups in total. The zero-order valence-corrected chi connectivity index (χ0v) is 16.9. The van der Waals surface area contributed by atoms with Crippen molar-refractivity contribution in [3.63, 3.8) is 0 Å². The zero-order chi connectivity index (χ0) is 21.1. The number of carboxylic acids is 1. The summed E-state index contributed by atoms with van der Waals surface area (Å²) in [6.45, 7) is 0.222. The lowest BCUT2D eigenvalue weighted by atomic mass is 10.2. The molecule has 3 aromatic rings. The van der Waals surface area contributed by atoms with E-state index in [1.807, 2.05) is 12.1 Å². The number of carbonyl (C=O) groups is 2. The van der Waals surface area contributed by atoms with Crippen LogP contribution in [0.15, 0.2) is 59.6 Å². The molecule has 1 fully saturated rings. The van der Waals surface area contributed by atoms with Gasteiger partial charge in [-0.05, 0) is 48.0 Å². The fourth-order valence-corrected chi connectivity index (χ4v) is 3.68. The van der Waals surface area contributed by atoms with Gasteiger partial charge in [0.05, 0.1) is 22.4 Å². The van der Waals surface area contributed by atoms with Gasteiger partial charge >= 0.3 is 5.97 Å². The van der Waals surface area contributed by atoms with Gasteiger partial charge in [-0.15, -0.1) is 5.10 Å². The highest BCUT2D eigenvalue weighted by atomic mass is 32.2. The van der Waals surface area contributed by atoms with Crippen LogP contribution < -0.4 is 10.1 Å². The van der Waals surface area contributed by atoms with Gasteiger partial charge in [-0.3, -0.25) is 4.79 Å². The molecule has 0 atom stereocenters. The number of amides is 1. The summed E-state index contributed by atoms with van der Waals surface area (Å²) in [5, 5.41) is 19.6. The second-order valence-electron chi connectivity index (χ2n) is 6.22. The van der Waals surface area contributed by atoms with Crippen LogP contribution in [0.1, 0.15) is 21.6 Å². The Bertz CT molecular complexity index is 1150. The lowest BCUT2D eigenvalue weighted by molar-refractivity contribution is -0.115. The van der Waals surface area contributed by atoms with Crippen LogP contribution in [0.5, 0.6) is 5.75 Å². The molecule has 1 aromatic heterocycles. The number of ether oxygens (including phenoxy) is 1. The first-order valence-corrected chi connectivity index (χ1v) is 9.93. The highest BCUT2D eigenvalue weighted by Crippen LogP contribution is 2.26. The van der Waals surface area contributed by atoms with Gasteiger partial charge in [0.15, 0.2) is 0 Å². The average Bonchev–Trinajstić information content (AvgIpc) is 3.33. The number of nitrogens with one attached hydrogen (secondary N) is 1. The molecule has 0 saturated carbocycles. The molecule has 4 rings (SSSR count). The number of hydrogen-bond donors (Lipinski definition) is 2. The highest BCUT2D eigenvalue weighted by molar-refractivity contribution is 8.26. The van der Waals surface area contributed by atoms with Crippen LogP contribution in [0.4, 0.5) is 0 Å². The Morgan fingerprint density at radius 2 is 1.93 bits per heavy atom. The standard InChI is InChI=1S/C20H14N4O4S2/c25-18-17(30-20(29)21-18)9-12-1-7-16(8-2-12)28-11-14-10-24(23-22-14)15-5-3-13(4-6-15)19(26)27/h1-10H,11H2,(H,26,27)(H,21,25,29)/b17-9-. The molecule has 1 aliphatic rings. The first-order chi connectivity index (χ1) is 14.5. The number of carbonyl (C=O) groups excluding carboxylic acids is 1. The third-order valence-electron chi connectivity index (χ3n) is 4.13. The number of thioether (sulfide) groups is 1. The van der Waals surface area contributed by atoms with Crippen LogP contribution in [0.25, 0.3) is 11.8 Å². The summed E-state index contributed by atoms with van der Waals surface area (Å²) < 4.78 is 7.74. The summed E-state index contributed by atoms with van der Waals surface area (Å²) in [5.41, 5.74) is 2.39. The summed E-state index contributed by atoms with van der Waals surface area (Å²) in [6, 6.07) is 13.6. The Kier molecular flexibility index (Phi) is 5.59. The smallest absolute Gasteiger partial charge is 0.335 e. The van der Waals surface area contributed by atoms with E-state index in [1.54, 1.807) is 41.2 Å². The number of benzene rings is 2. The topological polar surface area (TPSA) is 106 Å². The molecule has 1 amide bonds. The van der Waals surface area contributed by atoms with Gasteiger partial charge in [-0.2, -0.15) is 0 Å². The van der Waals surface area contributed by atoms with Gasteiger partial charge in [-0.25, -0.2) is 9.48 Å². The van der Waals surface area contributed by atoms with Crippen LogP contribution >= 0.6 is 24.0 Å². The van der Waals surface area contributed by atoms with Crippen LogP contribution in [0.3, 0.4) is 0 Å². The number of hydrogen-bond acceptors (Lipinski definition) is 7. The molecule has 1 aliphatic heterocycles. The third-order valence-corrected chi connectivity index (χ3v) is 5.29. The van der Waals surface area contributed by atoms with Crippen molar-refractivity contribution < 1.29 is 19.4 Å². The maximum absolute atomic E-state index is 11.7. The monoisotopic (exact) mass is 438 g/mol. The first kappa shape index (κ1) is 19.8. The molecule has 0 spiro atoms. The van der Waals surface area contributed by atoms with Gasteiger partial charge in [0.1, 0.15) is 22.4 Å². The van der Waals surface area contributed by atoms with E-state index in [-0.39, 0.29) is 18.1 Å². The highest BCUT2D eigenvalue weighted by Gasteiger charge is 2.21. The Morgan fingerprint density at radius 1 is 1.20 bits per heavy atom. The van der Waals surface area contributed by atoms with Crippen LogP contribution in [0.2, 0.25) is 0 Å². The lowest BCUT2D eigenvalue weighted by Gasteiger charge is -2.04. The van der Waals surface area contributed by atoms with Crippen molar-refractivity contribution in [1.29, 1.82) is 0 Å². The molecule has 1 saturated heterocycles. The fraction of sp³-hybridized carbons (Fsp3) is 0.0500. The van der Waals surface area contributed by atoms with E-state index < -0.39 is 5.97 Å². The number of aromatic nitrogens is 3.